The van der Waals surface area contributed by atoms with E-state index in [-0.39, 0.29) is 6.04 Å². The number of rotatable bonds is 4. The van der Waals surface area contributed by atoms with E-state index in [1.54, 1.807) is 0 Å². The molecule has 7 heteroatoms. The third kappa shape index (κ3) is 3.25. The first-order valence-corrected chi connectivity index (χ1v) is 8.23. The van der Waals surface area contributed by atoms with Gasteiger partial charge in [0.1, 0.15) is 0 Å². The van der Waals surface area contributed by atoms with Crippen LogP contribution in [0.1, 0.15) is 37.3 Å². The molecule has 1 aromatic carbocycles. The predicted octanol–water partition coefficient (Wildman–Crippen LogP) is 2.14. The second kappa shape index (κ2) is 6.72. The van der Waals surface area contributed by atoms with E-state index < -0.39 is 22.1 Å². The largest absolute Gasteiger partial charge is 0.504 e. The van der Waals surface area contributed by atoms with Crippen molar-refractivity contribution < 1.29 is 15.1 Å². The number of hydrogen-bond donors (Lipinski definition) is 3. The summed E-state index contributed by atoms with van der Waals surface area (Å²) in [5.74, 6) is -0.617. The lowest BCUT2D eigenvalue weighted by molar-refractivity contribution is -0.386. The van der Waals surface area contributed by atoms with Crippen molar-refractivity contribution in [2.75, 3.05) is 26.2 Å². The van der Waals surface area contributed by atoms with Crippen molar-refractivity contribution in [2.45, 2.75) is 31.7 Å². The summed E-state index contributed by atoms with van der Waals surface area (Å²) in [6.45, 7) is 3.57. The van der Waals surface area contributed by atoms with Gasteiger partial charge in [0.05, 0.1) is 4.92 Å². The summed E-state index contributed by atoms with van der Waals surface area (Å²) >= 11 is 0. The van der Waals surface area contributed by atoms with Crippen molar-refractivity contribution in [3.05, 3.63) is 27.8 Å². The van der Waals surface area contributed by atoms with Crippen LogP contribution in [0.5, 0.6) is 11.5 Å². The van der Waals surface area contributed by atoms with Crippen molar-refractivity contribution in [3.8, 4) is 11.5 Å². The molecule has 3 N–H and O–H groups in total. The number of phenolic OH excluding ortho intramolecular Hbond substituents is 2. The van der Waals surface area contributed by atoms with Crippen LogP contribution < -0.4 is 5.32 Å². The molecule has 2 fully saturated rings. The summed E-state index contributed by atoms with van der Waals surface area (Å²) in [5.41, 5.74) is 0.318. The molecule has 1 heterocycles. The summed E-state index contributed by atoms with van der Waals surface area (Å²) in [5, 5.41) is 34.1. The highest BCUT2D eigenvalue weighted by atomic mass is 16.6. The SMILES string of the molecule is O=[N+]([O-])c1cc([C@H](C2CCCC2)N2CCNCC2)cc(O)c1O. The van der Waals surface area contributed by atoms with Gasteiger partial charge < -0.3 is 15.5 Å². The number of hydrogen-bond acceptors (Lipinski definition) is 6. The molecule has 0 aromatic heterocycles. The van der Waals surface area contributed by atoms with Crippen molar-refractivity contribution >= 4 is 5.69 Å². The van der Waals surface area contributed by atoms with Crippen molar-refractivity contribution in [1.82, 2.24) is 10.2 Å². The average Bonchev–Trinajstić information content (AvgIpc) is 3.05. The Kier molecular flexibility index (Phi) is 4.68. The summed E-state index contributed by atoms with van der Waals surface area (Å²) in [6.07, 6.45) is 4.56. The van der Waals surface area contributed by atoms with Crippen molar-refractivity contribution in [1.29, 1.82) is 0 Å². The minimum Gasteiger partial charge on any atom is -0.504 e. The van der Waals surface area contributed by atoms with Crippen LogP contribution in [0.15, 0.2) is 12.1 Å². The van der Waals surface area contributed by atoms with Crippen LogP contribution in [0.3, 0.4) is 0 Å². The molecule has 1 aliphatic heterocycles. The van der Waals surface area contributed by atoms with Gasteiger partial charge in [-0.15, -0.1) is 0 Å². The normalized spacial score (nSPS) is 21.4. The second-order valence-corrected chi connectivity index (χ2v) is 6.44. The number of nitrogens with zero attached hydrogens (tertiary/aromatic N) is 2. The van der Waals surface area contributed by atoms with Gasteiger partial charge in [-0.25, -0.2) is 0 Å². The molecule has 0 bridgehead atoms. The number of nitro groups is 1. The van der Waals surface area contributed by atoms with E-state index in [4.69, 9.17) is 0 Å². The van der Waals surface area contributed by atoms with Gasteiger partial charge in [0.25, 0.3) is 0 Å². The molecular formula is C16H23N3O4. The highest BCUT2D eigenvalue weighted by molar-refractivity contribution is 5.57. The van der Waals surface area contributed by atoms with Gasteiger partial charge in [0.15, 0.2) is 5.75 Å². The van der Waals surface area contributed by atoms with Crippen molar-refractivity contribution in [3.63, 3.8) is 0 Å². The van der Waals surface area contributed by atoms with Crippen molar-refractivity contribution in [2.24, 2.45) is 5.92 Å². The van der Waals surface area contributed by atoms with Gasteiger partial charge in [0, 0.05) is 38.3 Å². The molecule has 2 aliphatic rings. The van der Waals surface area contributed by atoms with Crippen LogP contribution in [0.25, 0.3) is 0 Å². The number of nitro benzene ring substituents is 1. The standard InChI is InChI=1S/C16H23N3O4/c20-14-10-12(9-13(16(14)21)19(22)23)15(11-3-1-2-4-11)18-7-5-17-6-8-18/h9-11,15,17,20-21H,1-8H2/t15-/m0/s1. The zero-order chi connectivity index (χ0) is 16.4. The lowest BCUT2D eigenvalue weighted by Gasteiger charge is -2.38. The fourth-order valence-electron chi connectivity index (χ4n) is 3.95. The highest BCUT2D eigenvalue weighted by Gasteiger charge is 2.34. The number of nitrogens with one attached hydrogen (secondary N) is 1. The van der Waals surface area contributed by atoms with Gasteiger partial charge in [-0.2, -0.15) is 0 Å². The van der Waals surface area contributed by atoms with E-state index in [1.165, 1.54) is 25.0 Å². The molecule has 23 heavy (non-hydrogen) atoms. The first-order chi connectivity index (χ1) is 11.1. The first-order valence-electron chi connectivity index (χ1n) is 8.23. The molecule has 1 atom stereocenters. The Labute approximate surface area is 135 Å². The maximum atomic E-state index is 11.2. The molecular weight excluding hydrogens is 298 g/mol. The van der Waals surface area contributed by atoms with Crippen LogP contribution in [-0.4, -0.2) is 46.2 Å². The summed E-state index contributed by atoms with van der Waals surface area (Å²) in [6, 6.07) is 2.98. The Morgan fingerprint density at radius 3 is 2.48 bits per heavy atom. The zero-order valence-electron chi connectivity index (χ0n) is 13.1. The Morgan fingerprint density at radius 1 is 1.22 bits per heavy atom. The Morgan fingerprint density at radius 2 is 1.87 bits per heavy atom. The van der Waals surface area contributed by atoms with E-state index in [9.17, 15) is 20.3 Å². The first kappa shape index (κ1) is 16.0. The molecule has 1 saturated carbocycles. The van der Waals surface area contributed by atoms with Crippen LogP contribution >= 0.6 is 0 Å². The lowest BCUT2D eigenvalue weighted by atomic mass is 9.89. The summed E-state index contributed by atoms with van der Waals surface area (Å²) < 4.78 is 0. The maximum Gasteiger partial charge on any atom is 0.314 e. The van der Waals surface area contributed by atoms with E-state index in [1.807, 2.05) is 0 Å². The van der Waals surface area contributed by atoms with Gasteiger partial charge in [-0.1, -0.05) is 12.8 Å². The molecule has 3 rings (SSSR count). The average molecular weight is 321 g/mol. The monoisotopic (exact) mass is 321 g/mol. The smallest absolute Gasteiger partial charge is 0.314 e. The van der Waals surface area contributed by atoms with Crippen LogP contribution in [-0.2, 0) is 0 Å². The van der Waals surface area contributed by atoms with Gasteiger partial charge in [0.2, 0.25) is 5.75 Å². The molecule has 1 aromatic rings. The Balaban J connectivity index is 1.99. The van der Waals surface area contributed by atoms with Gasteiger partial charge in [-0.05, 0) is 30.4 Å². The van der Waals surface area contributed by atoms with Crippen LogP contribution in [0.4, 0.5) is 5.69 Å². The van der Waals surface area contributed by atoms with E-state index in [2.05, 4.69) is 10.2 Å². The molecule has 0 unspecified atom stereocenters. The number of aromatic hydroxyl groups is 2. The molecule has 1 saturated heterocycles. The fourth-order valence-corrected chi connectivity index (χ4v) is 3.95. The van der Waals surface area contributed by atoms with Gasteiger partial charge >= 0.3 is 5.69 Å². The minimum absolute atomic E-state index is 0.0600. The lowest BCUT2D eigenvalue weighted by Crippen LogP contribution is -2.46. The molecule has 0 radical (unpaired) electrons. The number of piperazine rings is 1. The maximum absolute atomic E-state index is 11.2. The number of phenols is 2. The molecule has 0 spiro atoms. The molecule has 1 aliphatic carbocycles. The molecule has 7 nitrogen and oxygen atoms in total. The highest BCUT2D eigenvalue weighted by Crippen LogP contribution is 2.44. The van der Waals surface area contributed by atoms with Gasteiger partial charge in [-0.3, -0.25) is 15.0 Å². The van der Waals surface area contributed by atoms with Crippen LogP contribution in [0.2, 0.25) is 0 Å². The summed E-state index contributed by atoms with van der Waals surface area (Å²) in [4.78, 5) is 12.9. The Bertz CT molecular complexity index is 581. The Hall–Kier alpha value is -1.86. The second-order valence-electron chi connectivity index (χ2n) is 6.44. The van der Waals surface area contributed by atoms with E-state index in [0.29, 0.717) is 5.92 Å². The third-order valence-corrected chi connectivity index (χ3v) is 5.02. The molecule has 126 valence electrons. The summed E-state index contributed by atoms with van der Waals surface area (Å²) in [7, 11) is 0. The predicted molar refractivity (Wildman–Crippen MR) is 85.6 cm³/mol. The van der Waals surface area contributed by atoms with E-state index >= 15 is 0 Å². The minimum atomic E-state index is -0.649. The third-order valence-electron chi connectivity index (χ3n) is 5.02. The quantitative estimate of drug-likeness (QED) is 0.446. The van der Waals surface area contributed by atoms with Crippen LogP contribution in [0, 0.1) is 16.0 Å². The zero-order valence-corrected chi connectivity index (χ0v) is 13.1. The molecule has 0 amide bonds. The fraction of sp³-hybridized carbons (Fsp3) is 0.625. The number of benzene rings is 1. The van der Waals surface area contributed by atoms with E-state index in [0.717, 1.165) is 44.6 Å². The topological polar surface area (TPSA) is 98.9 Å².